The second-order valence-corrected chi connectivity index (χ2v) is 4.65. The third-order valence-electron chi connectivity index (χ3n) is 2.78. The summed E-state index contributed by atoms with van der Waals surface area (Å²) < 4.78 is 0. The molecular weight excluding hydrogens is 280 g/mol. The summed E-state index contributed by atoms with van der Waals surface area (Å²) in [5, 5.41) is 22.3. The first-order valence-electron chi connectivity index (χ1n) is 5.91. The molecule has 0 aliphatic heterocycles. The minimum absolute atomic E-state index is 0.111. The number of aromatic nitrogens is 1. The fraction of sp³-hybridized carbons (Fsp3) is 0.143. The highest BCUT2D eigenvalue weighted by molar-refractivity contribution is 6.30. The van der Waals surface area contributed by atoms with Gasteiger partial charge in [0.15, 0.2) is 0 Å². The van der Waals surface area contributed by atoms with Crippen LogP contribution in [0.1, 0.15) is 17.2 Å². The summed E-state index contributed by atoms with van der Waals surface area (Å²) in [4.78, 5) is 15.3. The molecule has 1 aromatic carbocycles. The molecule has 1 aromatic heterocycles. The molecule has 0 amide bonds. The lowest BCUT2D eigenvalue weighted by atomic mass is 10.1. The van der Waals surface area contributed by atoms with Crippen molar-refractivity contribution in [1.29, 1.82) is 0 Å². The SMILES string of the molecule is O=C(O)C(NCc1cccnc1)c1cc(Cl)ccc1O. The Bertz CT molecular complexity index is 605. The number of benzene rings is 1. The zero-order valence-electron chi connectivity index (χ0n) is 10.5. The fourth-order valence-electron chi connectivity index (χ4n) is 1.81. The number of pyridine rings is 1. The Kier molecular flexibility index (Phi) is 4.55. The molecule has 1 unspecified atom stereocenters. The summed E-state index contributed by atoms with van der Waals surface area (Å²) in [6.45, 7) is 0.316. The summed E-state index contributed by atoms with van der Waals surface area (Å²) >= 11 is 5.84. The van der Waals surface area contributed by atoms with E-state index in [4.69, 9.17) is 11.6 Å². The molecule has 5 nitrogen and oxygen atoms in total. The Morgan fingerprint density at radius 1 is 1.40 bits per heavy atom. The van der Waals surface area contributed by atoms with E-state index in [-0.39, 0.29) is 11.3 Å². The van der Waals surface area contributed by atoms with Crippen molar-refractivity contribution in [3.8, 4) is 5.75 Å². The Morgan fingerprint density at radius 2 is 2.20 bits per heavy atom. The number of phenolic OH excluding ortho intramolecular Hbond substituents is 1. The van der Waals surface area contributed by atoms with Crippen LogP contribution in [0.2, 0.25) is 5.02 Å². The summed E-state index contributed by atoms with van der Waals surface area (Å²) in [5.74, 6) is -1.20. The standard InChI is InChI=1S/C14H13ClN2O3/c15-10-3-4-12(18)11(6-10)13(14(19)20)17-8-9-2-1-5-16-7-9/h1-7,13,17-18H,8H2,(H,19,20). The monoisotopic (exact) mass is 292 g/mol. The van der Waals surface area contributed by atoms with E-state index in [9.17, 15) is 15.0 Å². The number of aliphatic carboxylic acids is 1. The molecule has 0 spiro atoms. The largest absolute Gasteiger partial charge is 0.508 e. The van der Waals surface area contributed by atoms with Crippen LogP contribution in [0, 0.1) is 0 Å². The van der Waals surface area contributed by atoms with E-state index in [1.54, 1.807) is 18.5 Å². The van der Waals surface area contributed by atoms with Crippen LogP contribution in [0.4, 0.5) is 0 Å². The molecular formula is C14H13ClN2O3. The zero-order valence-corrected chi connectivity index (χ0v) is 11.2. The lowest BCUT2D eigenvalue weighted by Crippen LogP contribution is -2.28. The summed E-state index contributed by atoms with van der Waals surface area (Å²) in [6.07, 6.45) is 3.28. The molecule has 0 saturated heterocycles. The van der Waals surface area contributed by atoms with E-state index >= 15 is 0 Å². The van der Waals surface area contributed by atoms with Crippen molar-refractivity contribution in [1.82, 2.24) is 10.3 Å². The minimum Gasteiger partial charge on any atom is -0.508 e. The van der Waals surface area contributed by atoms with E-state index in [1.165, 1.54) is 18.2 Å². The van der Waals surface area contributed by atoms with Crippen molar-refractivity contribution in [3.63, 3.8) is 0 Å². The van der Waals surface area contributed by atoms with Gasteiger partial charge in [0, 0.05) is 29.5 Å². The number of carbonyl (C=O) groups is 1. The van der Waals surface area contributed by atoms with Crippen molar-refractivity contribution >= 4 is 17.6 Å². The average Bonchev–Trinajstić information content (AvgIpc) is 2.43. The molecule has 1 atom stereocenters. The van der Waals surface area contributed by atoms with Gasteiger partial charge in [-0.2, -0.15) is 0 Å². The third kappa shape index (κ3) is 3.46. The van der Waals surface area contributed by atoms with Crippen molar-refractivity contribution < 1.29 is 15.0 Å². The number of carboxylic acids is 1. The van der Waals surface area contributed by atoms with E-state index in [2.05, 4.69) is 10.3 Å². The van der Waals surface area contributed by atoms with E-state index in [1.807, 2.05) is 6.07 Å². The molecule has 20 heavy (non-hydrogen) atoms. The van der Waals surface area contributed by atoms with Crippen LogP contribution in [0.15, 0.2) is 42.7 Å². The fourth-order valence-corrected chi connectivity index (χ4v) is 1.99. The Labute approximate surface area is 120 Å². The number of carboxylic acid groups (broad SMARTS) is 1. The first-order chi connectivity index (χ1) is 9.58. The highest BCUT2D eigenvalue weighted by Gasteiger charge is 2.22. The predicted molar refractivity (Wildman–Crippen MR) is 74.6 cm³/mol. The number of phenols is 1. The van der Waals surface area contributed by atoms with Gasteiger partial charge in [0.05, 0.1) is 0 Å². The number of nitrogens with one attached hydrogen (secondary N) is 1. The number of nitrogens with zero attached hydrogens (tertiary/aromatic N) is 1. The number of hydrogen-bond donors (Lipinski definition) is 3. The third-order valence-corrected chi connectivity index (χ3v) is 3.02. The van der Waals surface area contributed by atoms with Gasteiger partial charge in [-0.05, 0) is 29.8 Å². The van der Waals surface area contributed by atoms with Gasteiger partial charge < -0.3 is 10.2 Å². The van der Waals surface area contributed by atoms with Gasteiger partial charge in [-0.25, -0.2) is 0 Å². The molecule has 3 N–H and O–H groups in total. The Hall–Kier alpha value is -2.11. The molecule has 104 valence electrons. The summed E-state index contributed by atoms with van der Waals surface area (Å²) in [6, 6.07) is 6.86. The van der Waals surface area contributed by atoms with Gasteiger partial charge in [0.25, 0.3) is 0 Å². The van der Waals surface area contributed by atoms with E-state index in [0.29, 0.717) is 11.6 Å². The molecule has 2 aromatic rings. The van der Waals surface area contributed by atoms with Crippen molar-refractivity contribution in [2.75, 3.05) is 0 Å². The molecule has 6 heteroatoms. The molecule has 1 heterocycles. The molecule has 0 aliphatic carbocycles. The van der Waals surface area contributed by atoms with Crippen LogP contribution in [0.3, 0.4) is 0 Å². The molecule has 0 saturated carbocycles. The molecule has 0 fully saturated rings. The normalized spacial score (nSPS) is 12.1. The maximum absolute atomic E-state index is 11.4. The summed E-state index contributed by atoms with van der Waals surface area (Å²) in [5.41, 5.74) is 1.08. The van der Waals surface area contributed by atoms with Crippen LogP contribution in [-0.4, -0.2) is 21.2 Å². The topological polar surface area (TPSA) is 82.5 Å². The first-order valence-corrected chi connectivity index (χ1v) is 6.29. The maximum Gasteiger partial charge on any atom is 0.325 e. The number of aromatic hydroxyl groups is 1. The molecule has 0 aliphatic rings. The minimum atomic E-state index is -1.09. The second-order valence-electron chi connectivity index (χ2n) is 4.22. The van der Waals surface area contributed by atoms with Gasteiger partial charge in [-0.1, -0.05) is 17.7 Å². The van der Waals surface area contributed by atoms with E-state index in [0.717, 1.165) is 5.56 Å². The smallest absolute Gasteiger partial charge is 0.325 e. The van der Waals surface area contributed by atoms with Gasteiger partial charge in [-0.15, -0.1) is 0 Å². The van der Waals surface area contributed by atoms with Crippen LogP contribution < -0.4 is 5.32 Å². The Morgan fingerprint density at radius 3 is 2.85 bits per heavy atom. The van der Waals surface area contributed by atoms with Crippen LogP contribution in [0.25, 0.3) is 0 Å². The highest BCUT2D eigenvalue weighted by atomic mass is 35.5. The average molecular weight is 293 g/mol. The lowest BCUT2D eigenvalue weighted by molar-refractivity contribution is -0.139. The second kappa shape index (κ2) is 6.36. The van der Waals surface area contributed by atoms with Crippen molar-refractivity contribution in [2.24, 2.45) is 0 Å². The summed E-state index contributed by atoms with van der Waals surface area (Å²) in [7, 11) is 0. The van der Waals surface area contributed by atoms with Gasteiger partial charge in [0.1, 0.15) is 11.8 Å². The Balaban J connectivity index is 2.19. The van der Waals surface area contributed by atoms with E-state index < -0.39 is 12.0 Å². The highest BCUT2D eigenvalue weighted by Crippen LogP contribution is 2.27. The lowest BCUT2D eigenvalue weighted by Gasteiger charge is -2.16. The number of rotatable bonds is 5. The van der Waals surface area contributed by atoms with Crippen molar-refractivity contribution in [3.05, 3.63) is 58.9 Å². The molecule has 0 radical (unpaired) electrons. The van der Waals surface area contributed by atoms with Gasteiger partial charge >= 0.3 is 5.97 Å². The van der Waals surface area contributed by atoms with Gasteiger partial charge in [-0.3, -0.25) is 15.1 Å². The van der Waals surface area contributed by atoms with Crippen molar-refractivity contribution in [2.45, 2.75) is 12.6 Å². The van der Waals surface area contributed by atoms with Gasteiger partial charge in [0.2, 0.25) is 0 Å². The van der Waals surface area contributed by atoms with Crippen LogP contribution in [0.5, 0.6) is 5.75 Å². The first kappa shape index (κ1) is 14.3. The number of hydrogen-bond acceptors (Lipinski definition) is 4. The van der Waals surface area contributed by atoms with Crippen LogP contribution in [-0.2, 0) is 11.3 Å². The predicted octanol–water partition coefficient (Wildman–Crippen LogP) is 2.36. The molecule has 0 bridgehead atoms. The maximum atomic E-state index is 11.4. The number of halogens is 1. The molecule has 2 rings (SSSR count). The van der Waals surface area contributed by atoms with Crippen LogP contribution >= 0.6 is 11.6 Å². The quantitative estimate of drug-likeness (QED) is 0.788. The zero-order chi connectivity index (χ0) is 14.5.